The summed E-state index contributed by atoms with van der Waals surface area (Å²) in [6.45, 7) is 5.40. The van der Waals surface area contributed by atoms with E-state index < -0.39 is 0 Å². The largest absolute Gasteiger partial charge is 0.369 e. The van der Waals surface area contributed by atoms with Crippen molar-refractivity contribution < 1.29 is 0 Å². The molecular formula is C14H18ClN3S. The number of aryl methyl sites for hydroxylation is 1. The lowest BCUT2D eigenvalue weighted by Gasteiger charge is -2.24. The zero-order valence-electron chi connectivity index (χ0n) is 11.3. The Labute approximate surface area is 122 Å². The molecule has 2 aromatic rings. The lowest BCUT2D eigenvalue weighted by molar-refractivity contribution is 0.362. The first-order valence-electron chi connectivity index (χ1n) is 6.73. The standard InChI is InChI=1S/C14H18ClN3S/c1-9-7-10-11(17-13(15)18-12(10)19-9)16-8-14(2)5-3-4-6-14/h7H,3-6,8H2,1-2H3,(H,16,17,18). The molecule has 5 heteroatoms. The van der Waals surface area contributed by atoms with E-state index in [0.717, 1.165) is 22.6 Å². The first kappa shape index (κ1) is 13.1. The Balaban J connectivity index is 1.87. The second-order valence-electron chi connectivity index (χ2n) is 5.79. The number of thiophene rings is 1. The second-order valence-corrected chi connectivity index (χ2v) is 7.36. The fourth-order valence-electron chi connectivity index (χ4n) is 2.85. The summed E-state index contributed by atoms with van der Waals surface area (Å²) in [7, 11) is 0. The highest BCUT2D eigenvalue weighted by molar-refractivity contribution is 7.18. The maximum absolute atomic E-state index is 6.01. The molecule has 19 heavy (non-hydrogen) atoms. The Hall–Kier alpha value is -0.870. The minimum atomic E-state index is 0.327. The average Bonchev–Trinajstić information content (AvgIpc) is 2.92. The fraction of sp³-hybridized carbons (Fsp3) is 0.571. The molecule has 0 bridgehead atoms. The third-order valence-electron chi connectivity index (χ3n) is 3.98. The summed E-state index contributed by atoms with van der Waals surface area (Å²) in [5.74, 6) is 0.882. The van der Waals surface area contributed by atoms with Crippen LogP contribution in [0.15, 0.2) is 6.07 Å². The van der Waals surface area contributed by atoms with Gasteiger partial charge in [-0.2, -0.15) is 0 Å². The van der Waals surface area contributed by atoms with Gasteiger partial charge in [-0.25, -0.2) is 9.97 Å². The summed E-state index contributed by atoms with van der Waals surface area (Å²) in [6.07, 6.45) is 5.28. The molecule has 0 aromatic carbocycles. The van der Waals surface area contributed by atoms with Crippen molar-refractivity contribution in [3.63, 3.8) is 0 Å². The molecule has 102 valence electrons. The van der Waals surface area contributed by atoms with Crippen molar-refractivity contribution in [1.29, 1.82) is 0 Å². The van der Waals surface area contributed by atoms with Crippen LogP contribution in [-0.2, 0) is 0 Å². The highest BCUT2D eigenvalue weighted by Crippen LogP contribution is 2.38. The van der Waals surface area contributed by atoms with Gasteiger partial charge in [-0.15, -0.1) is 11.3 Å². The first-order valence-corrected chi connectivity index (χ1v) is 7.93. The van der Waals surface area contributed by atoms with Crippen molar-refractivity contribution in [1.82, 2.24) is 9.97 Å². The van der Waals surface area contributed by atoms with Crippen molar-refractivity contribution in [2.45, 2.75) is 39.5 Å². The molecule has 1 aliphatic rings. The number of aromatic nitrogens is 2. The van der Waals surface area contributed by atoms with Gasteiger partial charge in [-0.1, -0.05) is 19.8 Å². The van der Waals surface area contributed by atoms with Crippen LogP contribution in [0, 0.1) is 12.3 Å². The topological polar surface area (TPSA) is 37.8 Å². The number of anilines is 1. The average molecular weight is 296 g/mol. The molecule has 1 aliphatic carbocycles. The Morgan fingerprint density at radius 2 is 2.11 bits per heavy atom. The Morgan fingerprint density at radius 1 is 1.37 bits per heavy atom. The van der Waals surface area contributed by atoms with E-state index in [4.69, 9.17) is 11.6 Å². The first-order chi connectivity index (χ1) is 9.06. The molecule has 3 nitrogen and oxygen atoms in total. The Morgan fingerprint density at radius 3 is 2.84 bits per heavy atom. The lowest BCUT2D eigenvalue weighted by atomic mass is 9.89. The predicted molar refractivity (Wildman–Crippen MR) is 82.2 cm³/mol. The molecule has 2 heterocycles. The lowest BCUT2D eigenvalue weighted by Crippen LogP contribution is -2.23. The molecule has 0 atom stereocenters. The summed E-state index contributed by atoms with van der Waals surface area (Å²) < 4.78 is 0. The van der Waals surface area contributed by atoms with E-state index in [1.807, 2.05) is 0 Å². The van der Waals surface area contributed by atoms with Gasteiger partial charge in [-0.3, -0.25) is 0 Å². The van der Waals surface area contributed by atoms with Gasteiger partial charge in [0.05, 0.1) is 5.39 Å². The number of fused-ring (bicyclic) bond motifs is 1. The van der Waals surface area contributed by atoms with E-state index in [1.165, 1.54) is 30.6 Å². The fourth-order valence-corrected chi connectivity index (χ4v) is 3.95. The van der Waals surface area contributed by atoms with Crippen LogP contribution in [-0.4, -0.2) is 16.5 Å². The summed E-state index contributed by atoms with van der Waals surface area (Å²) in [5.41, 5.74) is 0.398. The van der Waals surface area contributed by atoms with Gasteiger partial charge in [0.15, 0.2) is 0 Å². The van der Waals surface area contributed by atoms with Crippen molar-refractivity contribution in [3.8, 4) is 0 Å². The number of hydrogen-bond acceptors (Lipinski definition) is 4. The highest BCUT2D eigenvalue weighted by Gasteiger charge is 2.28. The van der Waals surface area contributed by atoms with Gasteiger partial charge in [0.25, 0.3) is 0 Å². The maximum Gasteiger partial charge on any atom is 0.225 e. The number of nitrogens with one attached hydrogen (secondary N) is 1. The molecule has 1 saturated carbocycles. The van der Waals surface area contributed by atoms with E-state index in [1.54, 1.807) is 11.3 Å². The van der Waals surface area contributed by atoms with Crippen molar-refractivity contribution >= 4 is 39.0 Å². The Bertz CT molecular complexity index is 602. The molecule has 0 unspecified atom stereocenters. The molecule has 0 amide bonds. The SMILES string of the molecule is Cc1cc2c(NCC3(C)CCCC3)nc(Cl)nc2s1. The predicted octanol–water partition coefficient (Wildman–Crippen LogP) is 4.65. The van der Waals surface area contributed by atoms with Crippen molar-refractivity contribution in [2.24, 2.45) is 5.41 Å². The van der Waals surface area contributed by atoms with Crippen LogP contribution >= 0.6 is 22.9 Å². The molecule has 0 saturated heterocycles. The molecule has 1 fully saturated rings. The molecule has 0 radical (unpaired) electrons. The molecular weight excluding hydrogens is 278 g/mol. The summed E-state index contributed by atoms with van der Waals surface area (Å²) in [6, 6.07) is 2.13. The minimum absolute atomic E-state index is 0.327. The van der Waals surface area contributed by atoms with Crippen LogP contribution < -0.4 is 5.32 Å². The van der Waals surface area contributed by atoms with Gasteiger partial charge in [0.2, 0.25) is 5.28 Å². The molecule has 0 aliphatic heterocycles. The van der Waals surface area contributed by atoms with Gasteiger partial charge in [0.1, 0.15) is 10.6 Å². The minimum Gasteiger partial charge on any atom is -0.369 e. The molecule has 3 rings (SSSR count). The van der Waals surface area contributed by atoms with E-state index in [-0.39, 0.29) is 0 Å². The van der Waals surface area contributed by atoms with Crippen LogP contribution in [0.2, 0.25) is 5.28 Å². The summed E-state index contributed by atoms with van der Waals surface area (Å²) in [4.78, 5) is 10.9. The molecule has 2 aromatic heterocycles. The number of nitrogens with zero attached hydrogens (tertiary/aromatic N) is 2. The van der Waals surface area contributed by atoms with Gasteiger partial charge in [0, 0.05) is 11.4 Å². The van der Waals surface area contributed by atoms with Crippen LogP contribution in [0.25, 0.3) is 10.2 Å². The summed E-state index contributed by atoms with van der Waals surface area (Å²) in [5, 5.41) is 4.91. The number of rotatable bonds is 3. The quantitative estimate of drug-likeness (QED) is 0.838. The molecule has 1 N–H and O–H groups in total. The normalized spacial score (nSPS) is 18.1. The number of hydrogen-bond donors (Lipinski definition) is 1. The monoisotopic (exact) mass is 295 g/mol. The van der Waals surface area contributed by atoms with Crippen LogP contribution in [0.4, 0.5) is 5.82 Å². The molecule has 0 spiro atoms. The van der Waals surface area contributed by atoms with E-state index in [9.17, 15) is 0 Å². The number of halogens is 1. The van der Waals surface area contributed by atoms with Crippen LogP contribution in [0.5, 0.6) is 0 Å². The van der Waals surface area contributed by atoms with E-state index >= 15 is 0 Å². The summed E-state index contributed by atoms with van der Waals surface area (Å²) >= 11 is 7.67. The van der Waals surface area contributed by atoms with Crippen molar-refractivity contribution in [3.05, 3.63) is 16.2 Å². The van der Waals surface area contributed by atoms with Gasteiger partial charge >= 0.3 is 0 Å². The smallest absolute Gasteiger partial charge is 0.225 e. The van der Waals surface area contributed by atoms with Gasteiger partial charge < -0.3 is 5.32 Å². The van der Waals surface area contributed by atoms with Crippen molar-refractivity contribution in [2.75, 3.05) is 11.9 Å². The van der Waals surface area contributed by atoms with E-state index in [0.29, 0.717) is 10.7 Å². The Kier molecular flexibility index (Phi) is 3.39. The van der Waals surface area contributed by atoms with Crippen LogP contribution in [0.3, 0.4) is 0 Å². The zero-order chi connectivity index (χ0) is 13.5. The maximum atomic E-state index is 6.01. The second kappa shape index (κ2) is 4.91. The highest BCUT2D eigenvalue weighted by atomic mass is 35.5. The van der Waals surface area contributed by atoms with E-state index in [2.05, 4.69) is 35.2 Å². The third-order valence-corrected chi connectivity index (χ3v) is 5.10. The van der Waals surface area contributed by atoms with Crippen LogP contribution in [0.1, 0.15) is 37.5 Å². The third kappa shape index (κ3) is 2.70. The zero-order valence-corrected chi connectivity index (χ0v) is 12.9. The van der Waals surface area contributed by atoms with Gasteiger partial charge in [-0.05, 0) is 42.8 Å².